The lowest BCUT2D eigenvalue weighted by atomic mass is 9.82. The Labute approximate surface area is 139 Å². The zero-order chi connectivity index (χ0) is 16.2. The average Bonchev–Trinajstić information content (AvgIpc) is 3.15. The molecule has 1 aliphatic carbocycles. The number of allylic oxidation sites excluding steroid dienone is 1. The van der Waals surface area contributed by atoms with E-state index in [0.29, 0.717) is 12.5 Å². The molecule has 5 heteroatoms. The highest BCUT2D eigenvalue weighted by molar-refractivity contribution is 5.27. The molecule has 0 aromatic heterocycles. The Hall–Kier alpha value is -1.20. The third kappa shape index (κ3) is 2.64. The van der Waals surface area contributed by atoms with Crippen LogP contribution in [0.4, 0.5) is 0 Å². The molecule has 128 valence electrons. The van der Waals surface area contributed by atoms with Gasteiger partial charge in [0.05, 0.1) is 30.6 Å². The standard InChI is InChI=1S/C18H30N4O/c1-12-7-8-21(9-12)13(2)17-18(3,4)11-23-10-15-16(14-5-6-14)19-20-22(15)17/h12,14,17,19-20H,2,5-11H2,1,3-4H3. The maximum absolute atomic E-state index is 6.06. The van der Waals surface area contributed by atoms with Crippen LogP contribution in [0.25, 0.3) is 0 Å². The minimum absolute atomic E-state index is 0.0122. The van der Waals surface area contributed by atoms with Gasteiger partial charge < -0.3 is 15.1 Å². The van der Waals surface area contributed by atoms with Gasteiger partial charge in [-0.2, -0.15) is 0 Å². The molecule has 0 amide bonds. The van der Waals surface area contributed by atoms with Crippen LogP contribution in [-0.4, -0.2) is 42.3 Å². The van der Waals surface area contributed by atoms with Crippen LogP contribution in [0, 0.1) is 17.3 Å². The Morgan fingerprint density at radius 2 is 2.09 bits per heavy atom. The van der Waals surface area contributed by atoms with Gasteiger partial charge in [0.2, 0.25) is 0 Å². The van der Waals surface area contributed by atoms with E-state index >= 15 is 0 Å². The van der Waals surface area contributed by atoms with Crippen LogP contribution in [0.5, 0.6) is 0 Å². The first-order valence-corrected chi connectivity index (χ1v) is 9.03. The Morgan fingerprint density at radius 3 is 2.74 bits per heavy atom. The van der Waals surface area contributed by atoms with Gasteiger partial charge in [0.1, 0.15) is 0 Å². The predicted octanol–water partition coefficient (Wildman–Crippen LogP) is 2.21. The van der Waals surface area contributed by atoms with E-state index in [2.05, 4.69) is 48.2 Å². The minimum Gasteiger partial charge on any atom is -0.374 e. The molecule has 0 aromatic rings. The van der Waals surface area contributed by atoms with Crippen molar-refractivity contribution in [2.45, 2.75) is 46.1 Å². The highest BCUT2D eigenvalue weighted by Gasteiger charge is 2.46. The summed E-state index contributed by atoms with van der Waals surface area (Å²) in [5.41, 5.74) is 10.7. The highest BCUT2D eigenvalue weighted by atomic mass is 16.5. The quantitative estimate of drug-likeness (QED) is 0.835. The molecule has 4 rings (SSSR count). The third-order valence-corrected chi connectivity index (χ3v) is 5.76. The molecular formula is C18H30N4O. The highest BCUT2D eigenvalue weighted by Crippen LogP contribution is 2.43. The molecule has 3 fully saturated rings. The fourth-order valence-corrected chi connectivity index (χ4v) is 4.28. The summed E-state index contributed by atoms with van der Waals surface area (Å²) in [6, 6.07) is 0.217. The van der Waals surface area contributed by atoms with E-state index in [1.54, 1.807) is 0 Å². The van der Waals surface area contributed by atoms with Gasteiger partial charge in [-0.1, -0.05) is 27.4 Å². The normalized spacial score (nSPS) is 33.5. The zero-order valence-corrected chi connectivity index (χ0v) is 14.7. The summed E-state index contributed by atoms with van der Waals surface area (Å²) in [6.07, 6.45) is 3.85. The molecule has 3 aliphatic heterocycles. The molecule has 4 aliphatic rings. The second-order valence-corrected chi connectivity index (χ2v) is 8.46. The van der Waals surface area contributed by atoms with Crippen LogP contribution >= 0.6 is 0 Å². The predicted molar refractivity (Wildman–Crippen MR) is 90.7 cm³/mol. The molecule has 0 aromatic carbocycles. The van der Waals surface area contributed by atoms with Crippen LogP contribution in [0.15, 0.2) is 23.7 Å². The number of rotatable bonds is 3. The first-order valence-electron chi connectivity index (χ1n) is 9.03. The fraction of sp³-hybridized carbons (Fsp3) is 0.778. The van der Waals surface area contributed by atoms with Gasteiger partial charge in [0.15, 0.2) is 0 Å². The number of hydrogen-bond donors (Lipinski definition) is 2. The average molecular weight is 318 g/mol. The molecule has 2 atom stereocenters. The number of hydrazine groups is 2. The Bertz CT molecular complexity index is 537. The molecule has 3 heterocycles. The Kier molecular flexibility index (Phi) is 3.61. The number of nitrogens with zero attached hydrogens (tertiary/aromatic N) is 2. The van der Waals surface area contributed by atoms with Crippen molar-refractivity contribution in [3.05, 3.63) is 23.7 Å². The van der Waals surface area contributed by atoms with Crippen LogP contribution < -0.4 is 11.0 Å². The summed E-state index contributed by atoms with van der Waals surface area (Å²) >= 11 is 0. The minimum atomic E-state index is 0.0122. The number of nitrogens with one attached hydrogen (secondary N) is 2. The van der Waals surface area contributed by atoms with Gasteiger partial charge in [0.25, 0.3) is 0 Å². The van der Waals surface area contributed by atoms with Crippen LogP contribution in [-0.2, 0) is 4.74 Å². The fourth-order valence-electron chi connectivity index (χ4n) is 4.28. The summed E-state index contributed by atoms with van der Waals surface area (Å²) in [4.78, 5) is 2.48. The van der Waals surface area contributed by atoms with Crippen molar-refractivity contribution in [1.82, 2.24) is 20.9 Å². The lowest BCUT2D eigenvalue weighted by molar-refractivity contribution is 0.0496. The van der Waals surface area contributed by atoms with E-state index in [4.69, 9.17) is 4.74 Å². The molecule has 0 spiro atoms. The number of hydrogen-bond acceptors (Lipinski definition) is 5. The van der Waals surface area contributed by atoms with Crippen LogP contribution in [0.1, 0.15) is 40.0 Å². The smallest absolute Gasteiger partial charge is 0.0934 e. The first-order chi connectivity index (χ1) is 11.0. The van der Waals surface area contributed by atoms with E-state index in [9.17, 15) is 0 Å². The Balaban J connectivity index is 1.65. The molecule has 5 nitrogen and oxygen atoms in total. The molecule has 0 bridgehead atoms. The maximum Gasteiger partial charge on any atom is 0.0934 e. The maximum atomic E-state index is 6.06. The molecule has 1 saturated carbocycles. The summed E-state index contributed by atoms with van der Waals surface area (Å²) in [5, 5.41) is 2.31. The first kappa shape index (κ1) is 15.3. The van der Waals surface area contributed by atoms with Gasteiger partial charge in [-0.15, -0.1) is 5.53 Å². The zero-order valence-electron chi connectivity index (χ0n) is 14.7. The van der Waals surface area contributed by atoms with Gasteiger partial charge in [-0.3, -0.25) is 5.01 Å². The topological polar surface area (TPSA) is 39.8 Å². The van der Waals surface area contributed by atoms with Crippen molar-refractivity contribution in [2.24, 2.45) is 17.3 Å². The van der Waals surface area contributed by atoms with E-state index in [0.717, 1.165) is 25.6 Å². The lowest BCUT2D eigenvalue weighted by Crippen LogP contribution is -2.54. The van der Waals surface area contributed by atoms with E-state index in [-0.39, 0.29) is 11.5 Å². The lowest BCUT2D eigenvalue weighted by Gasteiger charge is -2.42. The van der Waals surface area contributed by atoms with Crippen molar-refractivity contribution in [3.8, 4) is 0 Å². The number of likely N-dealkylation sites (tertiary alicyclic amines) is 1. The van der Waals surface area contributed by atoms with Crippen molar-refractivity contribution in [1.29, 1.82) is 0 Å². The van der Waals surface area contributed by atoms with Gasteiger partial charge in [-0.05, 0) is 25.2 Å². The van der Waals surface area contributed by atoms with E-state index in [1.807, 2.05) is 0 Å². The molecular weight excluding hydrogens is 288 g/mol. The third-order valence-electron chi connectivity index (χ3n) is 5.76. The molecule has 2 N–H and O–H groups in total. The van der Waals surface area contributed by atoms with Gasteiger partial charge in [-0.25, -0.2) is 0 Å². The molecule has 2 saturated heterocycles. The van der Waals surface area contributed by atoms with Crippen molar-refractivity contribution >= 4 is 0 Å². The van der Waals surface area contributed by atoms with Crippen molar-refractivity contribution < 1.29 is 4.74 Å². The second kappa shape index (κ2) is 5.42. The summed E-state index contributed by atoms with van der Waals surface area (Å²) in [5.74, 6) is 1.45. The molecule has 0 radical (unpaired) electrons. The second-order valence-electron chi connectivity index (χ2n) is 8.46. The SMILES string of the molecule is C=C(C1N2NNC(C3CC3)=C2COCC1(C)C)N1CCC(C)C1. The number of fused-ring (bicyclic) bond motifs is 1. The summed E-state index contributed by atoms with van der Waals surface area (Å²) in [6.45, 7) is 15.1. The monoisotopic (exact) mass is 318 g/mol. The number of ether oxygens (including phenoxy) is 1. The van der Waals surface area contributed by atoms with Crippen LogP contribution in [0.2, 0.25) is 0 Å². The van der Waals surface area contributed by atoms with Gasteiger partial charge in [0, 0.05) is 30.1 Å². The largest absolute Gasteiger partial charge is 0.374 e. The summed E-state index contributed by atoms with van der Waals surface area (Å²) < 4.78 is 6.06. The van der Waals surface area contributed by atoms with Gasteiger partial charge >= 0.3 is 0 Å². The molecule has 2 unspecified atom stereocenters. The van der Waals surface area contributed by atoms with E-state index < -0.39 is 0 Å². The Morgan fingerprint density at radius 1 is 1.30 bits per heavy atom. The summed E-state index contributed by atoms with van der Waals surface area (Å²) in [7, 11) is 0. The van der Waals surface area contributed by atoms with Crippen LogP contribution in [0.3, 0.4) is 0 Å². The van der Waals surface area contributed by atoms with E-state index in [1.165, 1.54) is 36.4 Å². The van der Waals surface area contributed by atoms with Crippen molar-refractivity contribution in [2.75, 3.05) is 26.3 Å². The molecule has 23 heavy (non-hydrogen) atoms. The van der Waals surface area contributed by atoms with Crippen molar-refractivity contribution in [3.63, 3.8) is 0 Å².